The molecule has 0 aliphatic heterocycles. The zero-order valence-electron chi connectivity index (χ0n) is 24.7. The number of carbonyl (C=O) groups is 1. The molecule has 0 saturated heterocycles. The third-order valence-electron chi connectivity index (χ3n) is 7.67. The van der Waals surface area contributed by atoms with Crippen LogP contribution in [0.1, 0.15) is 64.6 Å². The summed E-state index contributed by atoms with van der Waals surface area (Å²) in [6, 6.07) is 18.7. The number of thiazole rings is 1. The zero-order chi connectivity index (χ0) is 31.9. The molecule has 3 aromatic carbocycles. The van der Waals surface area contributed by atoms with Gasteiger partial charge in [0.2, 0.25) is 5.82 Å². The molecule has 5 aromatic rings. The van der Waals surface area contributed by atoms with Crippen molar-refractivity contribution < 1.29 is 22.7 Å². The largest absolute Gasteiger partial charge is 0.483 e. The topological polar surface area (TPSA) is 149 Å². The molecule has 2 aromatic heterocycles. The van der Waals surface area contributed by atoms with Gasteiger partial charge in [0.05, 0.1) is 22.0 Å². The van der Waals surface area contributed by atoms with Crippen molar-refractivity contribution in [1.29, 1.82) is 0 Å². The van der Waals surface area contributed by atoms with Crippen LogP contribution in [0.4, 0.5) is 5.69 Å². The Hall–Kier alpha value is -4.33. The molecule has 1 aliphatic rings. The first-order chi connectivity index (χ1) is 22.3. The standard InChI is InChI=1S/C32H31ClN6O5S2/c33-25-10-12-26(13-11-25)46(41,42)15-3-5-21-9-14-29(43-19-30-36-38-39-37-30)27(17-21)34-31(40)24-8-1-4-22(16-24)18-44-32-35-28(20-45-32)23-6-2-7-23/h1,4,8-14,16-17,20,23H,2-3,5-7,15,18-19H2,(H,34,40)(H,36,37,38,39). The van der Waals surface area contributed by atoms with E-state index in [1.807, 2.05) is 12.1 Å². The molecule has 1 amide bonds. The number of halogens is 1. The quantitative estimate of drug-likeness (QED) is 0.136. The molecule has 2 N–H and O–H groups in total. The van der Waals surface area contributed by atoms with Gasteiger partial charge in [-0.3, -0.25) is 4.79 Å². The molecule has 0 atom stereocenters. The molecule has 46 heavy (non-hydrogen) atoms. The molecule has 1 aliphatic carbocycles. The van der Waals surface area contributed by atoms with Gasteiger partial charge in [-0.05, 0) is 85.3 Å². The van der Waals surface area contributed by atoms with Crippen molar-refractivity contribution in [3.63, 3.8) is 0 Å². The Morgan fingerprint density at radius 3 is 2.63 bits per heavy atom. The van der Waals surface area contributed by atoms with Crippen molar-refractivity contribution in [3.8, 4) is 10.9 Å². The lowest BCUT2D eigenvalue weighted by atomic mass is 9.83. The van der Waals surface area contributed by atoms with Gasteiger partial charge in [-0.1, -0.05) is 52.8 Å². The van der Waals surface area contributed by atoms with Gasteiger partial charge in [0.1, 0.15) is 12.4 Å². The SMILES string of the molecule is O=C(Nc1cc(CCCS(=O)(=O)c2ccc(Cl)cc2)ccc1OCc1nn[nH]n1)c1cccc(COc2nc(C3CCC3)cs2)c1. The van der Waals surface area contributed by atoms with Crippen LogP contribution in [0.3, 0.4) is 0 Å². The summed E-state index contributed by atoms with van der Waals surface area (Å²) >= 11 is 7.40. The number of tetrazole rings is 1. The normalized spacial score (nSPS) is 13.2. The highest BCUT2D eigenvalue weighted by Gasteiger charge is 2.22. The van der Waals surface area contributed by atoms with E-state index in [9.17, 15) is 13.2 Å². The maximum atomic E-state index is 13.4. The predicted octanol–water partition coefficient (Wildman–Crippen LogP) is 6.39. The highest BCUT2D eigenvalue weighted by molar-refractivity contribution is 7.91. The molecular weight excluding hydrogens is 648 g/mol. The summed E-state index contributed by atoms with van der Waals surface area (Å²) in [6.45, 7) is 0.316. The Kier molecular flexibility index (Phi) is 9.91. The number of H-pyrrole nitrogens is 1. The van der Waals surface area contributed by atoms with Gasteiger partial charge in [0.25, 0.3) is 11.1 Å². The minimum atomic E-state index is -3.47. The maximum absolute atomic E-state index is 13.4. The van der Waals surface area contributed by atoms with E-state index in [1.165, 1.54) is 42.7 Å². The van der Waals surface area contributed by atoms with Crippen LogP contribution in [0.25, 0.3) is 0 Å². The molecule has 0 bridgehead atoms. The molecule has 2 heterocycles. The second-order valence-corrected chi connectivity index (χ2v) is 14.3. The third kappa shape index (κ3) is 8.08. The van der Waals surface area contributed by atoms with Gasteiger partial charge < -0.3 is 14.8 Å². The lowest BCUT2D eigenvalue weighted by molar-refractivity contribution is 0.102. The highest BCUT2D eigenvalue weighted by Crippen LogP contribution is 2.38. The van der Waals surface area contributed by atoms with Crippen molar-refractivity contribution in [1.82, 2.24) is 25.6 Å². The number of benzene rings is 3. The molecule has 11 nitrogen and oxygen atoms in total. The van der Waals surface area contributed by atoms with E-state index < -0.39 is 9.84 Å². The van der Waals surface area contributed by atoms with E-state index in [0.717, 1.165) is 16.8 Å². The van der Waals surface area contributed by atoms with Gasteiger partial charge in [0, 0.05) is 21.9 Å². The second kappa shape index (κ2) is 14.4. The van der Waals surface area contributed by atoms with Crippen LogP contribution in [0.5, 0.6) is 10.9 Å². The number of sulfone groups is 1. The summed E-state index contributed by atoms with van der Waals surface area (Å²) in [7, 11) is -3.47. The van der Waals surface area contributed by atoms with E-state index >= 15 is 0 Å². The molecule has 238 valence electrons. The summed E-state index contributed by atoms with van der Waals surface area (Å²) in [5.74, 6) is 0.921. The molecule has 0 radical (unpaired) electrons. The number of nitrogens with one attached hydrogen (secondary N) is 2. The first-order valence-electron chi connectivity index (χ1n) is 14.8. The van der Waals surface area contributed by atoms with E-state index in [2.05, 4.69) is 36.3 Å². The monoisotopic (exact) mass is 678 g/mol. The van der Waals surface area contributed by atoms with Crippen molar-refractivity contribution in [3.05, 3.63) is 105 Å². The summed E-state index contributed by atoms with van der Waals surface area (Å²) in [5.41, 5.74) is 3.64. The number of hydrogen-bond acceptors (Lipinski definition) is 10. The van der Waals surface area contributed by atoms with Crippen LogP contribution in [0.2, 0.25) is 5.02 Å². The Balaban J connectivity index is 1.12. The first kappa shape index (κ1) is 31.6. The maximum Gasteiger partial charge on any atom is 0.273 e. The number of carbonyl (C=O) groups excluding carboxylic acids is 1. The van der Waals surface area contributed by atoms with E-state index in [0.29, 0.717) is 51.8 Å². The van der Waals surface area contributed by atoms with Gasteiger partial charge in [-0.15, -0.1) is 10.2 Å². The smallest absolute Gasteiger partial charge is 0.273 e. The number of ether oxygens (including phenoxy) is 2. The van der Waals surface area contributed by atoms with Gasteiger partial charge in [-0.2, -0.15) is 5.21 Å². The van der Waals surface area contributed by atoms with E-state index in [1.54, 1.807) is 42.5 Å². The fourth-order valence-corrected chi connectivity index (χ4v) is 7.13. The third-order valence-corrected chi connectivity index (χ3v) is 10.5. The molecule has 6 rings (SSSR count). The number of amides is 1. The lowest BCUT2D eigenvalue weighted by Crippen LogP contribution is -2.14. The Bertz CT molecular complexity index is 1890. The summed E-state index contributed by atoms with van der Waals surface area (Å²) < 4.78 is 37.4. The molecule has 1 saturated carbocycles. The Morgan fingerprint density at radius 2 is 1.87 bits per heavy atom. The van der Waals surface area contributed by atoms with Crippen LogP contribution < -0.4 is 14.8 Å². The second-order valence-electron chi connectivity index (χ2n) is 10.9. The van der Waals surface area contributed by atoms with Crippen LogP contribution in [0, 0.1) is 0 Å². The molecule has 0 unspecified atom stereocenters. The predicted molar refractivity (Wildman–Crippen MR) is 174 cm³/mol. The Labute approximate surface area is 275 Å². The van der Waals surface area contributed by atoms with E-state index in [-0.39, 0.29) is 29.8 Å². The van der Waals surface area contributed by atoms with Crippen LogP contribution in [-0.4, -0.2) is 45.7 Å². The van der Waals surface area contributed by atoms with Crippen molar-refractivity contribution in [2.45, 2.75) is 56.1 Å². The van der Waals surface area contributed by atoms with Crippen LogP contribution in [0.15, 0.2) is 77.0 Å². The summed E-state index contributed by atoms with van der Waals surface area (Å²) in [6.07, 6.45) is 4.45. The number of aromatic nitrogens is 5. The Morgan fingerprint density at radius 1 is 1.02 bits per heavy atom. The van der Waals surface area contributed by atoms with Crippen molar-refractivity contribution in [2.24, 2.45) is 0 Å². The number of aryl methyl sites for hydroxylation is 1. The summed E-state index contributed by atoms with van der Waals surface area (Å²) in [4.78, 5) is 18.3. The van der Waals surface area contributed by atoms with Crippen molar-refractivity contribution in [2.75, 3.05) is 11.1 Å². The number of aromatic amines is 1. The number of hydrogen-bond donors (Lipinski definition) is 2. The fraction of sp³-hybridized carbons (Fsp3) is 0.281. The molecule has 1 fully saturated rings. The van der Waals surface area contributed by atoms with E-state index in [4.69, 9.17) is 21.1 Å². The first-order valence-corrected chi connectivity index (χ1v) is 17.7. The minimum Gasteiger partial charge on any atom is -0.483 e. The number of anilines is 1. The van der Waals surface area contributed by atoms with Crippen LogP contribution in [-0.2, 0) is 29.5 Å². The number of nitrogens with zero attached hydrogens (tertiary/aromatic N) is 4. The summed E-state index contributed by atoms with van der Waals surface area (Å²) in [5, 5.41) is 19.9. The highest BCUT2D eigenvalue weighted by atomic mass is 35.5. The van der Waals surface area contributed by atoms with Gasteiger partial charge >= 0.3 is 0 Å². The molecular formula is C32H31ClN6O5S2. The zero-order valence-corrected chi connectivity index (χ0v) is 27.1. The average molecular weight is 679 g/mol. The minimum absolute atomic E-state index is 0.0318. The fourth-order valence-electron chi connectivity index (χ4n) is 4.94. The number of rotatable bonds is 14. The lowest BCUT2D eigenvalue weighted by Gasteiger charge is -2.22. The van der Waals surface area contributed by atoms with Gasteiger partial charge in [0.15, 0.2) is 16.4 Å². The molecule has 0 spiro atoms. The molecule has 14 heteroatoms. The van der Waals surface area contributed by atoms with Crippen molar-refractivity contribution >= 4 is 44.4 Å². The van der Waals surface area contributed by atoms with Crippen LogP contribution >= 0.6 is 22.9 Å². The van der Waals surface area contributed by atoms with Gasteiger partial charge in [-0.25, -0.2) is 13.4 Å². The average Bonchev–Trinajstić information content (AvgIpc) is 3.72.